The first kappa shape index (κ1) is 21.9. The average Bonchev–Trinajstić information content (AvgIpc) is 2.63. The van der Waals surface area contributed by atoms with Gasteiger partial charge in [0.25, 0.3) is 11.8 Å². The highest BCUT2D eigenvalue weighted by Gasteiger charge is 2.27. The molecular formula is C22H32N2O4. The predicted molar refractivity (Wildman–Crippen MR) is 108 cm³/mol. The number of nitrogens with one attached hydrogen (secondary N) is 1. The molecule has 28 heavy (non-hydrogen) atoms. The van der Waals surface area contributed by atoms with E-state index in [2.05, 4.69) is 5.32 Å². The maximum Gasteiger partial charge on any atom is 0.329 e. The monoisotopic (exact) mass is 388 g/mol. The number of ether oxygens (including phenoxy) is 1. The minimum absolute atomic E-state index is 0.155. The van der Waals surface area contributed by atoms with Crippen LogP contribution >= 0.6 is 0 Å². The van der Waals surface area contributed by atoms with E-state index < -0.39 is 12.0 Å². The van der Waals surface area contributed by atoms with Gasteiger partial charge in [-0.2, -0.15) is 0 Å². The third-order valence-corrected chi connectivity index (χ3v) is 5.14. The number of carbonyl (C=O) groups is 3. The van der Waals surface area contributed by atoms with E-state index in [-0.39, 0.29) is 24.3 Å². The molecule has 154 valence electrons. The first-order chi connectivity index (χ1) is 13.4. The van der Waals surface area contributed by atoms with E-state index in [4.69, 9.17) is 4.74 Å². The van der Waals surface area contributed by atoms with E-state index in [0.29, 0.717) is 18.7 Å². The highest BCUT2D eigenvalue weighted by Crippen LogP contribution is 2.12. The van der Waals surface area contributed by atoms with E-state index in [1.54, 1.807) is 17.0 Å². The van der Waals surface area contributed by atoms with Crippen molar-refractivity contribution in [1.29, 1.82) is 0 Å². The zero-order valence-corrected chi connectivity index (χ0v) is 17.2. The zero-order chi connectivity index (χ0) is 20.5. The molecule has 1 atom stereocenters. The van der Waals surface area contributed by atoms with Gasteiger partial charge in [-0.05, 0) is 37.3 Å². The van der Waals surface area contributed by atoms with Crippen LogP contribution in [0.3, 0.4) is 0 Å². The summed E-state index contributed by atoms with van der Waals surface area (Å²) in [7, 11) is 0. The Labute approximate surface area is 167 Å². The molecule has 0 spiro atoms. The molecule has 1 aliphatic heterocycles. The van der Waals surface area contributed by atoms with Crippen LogP contribution in [0.5, 0.6) is 0 Å². The van der Waals surface area contributed by atoms with Crippen LogP contribution < -0.4 is 5.32 Å². The number of esters is 1. The lowest BCUT2D eigenvalue weighted by Gasteiger charge is -2.25. The lowest BCUT2D eigenvalue weighted by Crippen LogP contribution is -2.46. The van der Waals surface area contributed by atoms with Gasteiger partial charge in [0.05, 0.1) is 0 Å². The number of rotatable bonds is 6. The molecule has 0 unspecified atom stereocenters. The molecule has 0 bridgehead atoms. The third kappa shape index (κ3) is 6.36. The second-order valence-electron chi connectivity index (χ2n) is 7.77. The van der Waals surface area contributed by atoms with Gasteiger partial charge >= 0.3 is 5.97 Å². The van der Waals surface area contributed by atoms with Crippen LogP contribution in [-0.4, -0.2) is 48.4 Å². The van der Waals surface area contributed by atoms with Crippen molar-refractivity contribution in [2.45, 2.75) is 58.9 Å². The molecule has 0 aliphatic carbocycles. The number of hydrogen-bond donors (Lipinski definition) is 1. The third-order valence-electron chi connectivity index (χ3n) is 5.14. The number of aryl methyl sites for hydroxylation is 1. The Morgan fingerprint density at radius 1 is 1.04 bits per heavy atom. The van der Waals surface area contributed by atoms with E-state index >= 15 is 0 Å². The molecule has 2 amide bonds. The van der Waals surface area contributed by atoms with Gasteiger partial charge in [-0.1, -0.05) is 51.3 Å². The van der Waals surface area contributed by atoms with Gasteiger partial charge in [-0.25, -0.2) is 4.79 Å². The molecule has 1 aromatic rings. The van der Waals surface area contributed by atoms with Gasteiger partial charge in [0.1, 0.15) is 6.04 Å². The molecule has 0 radical (unpaired) electrons. The molecule has 1 saturated heterocycles. The Balaban J connectivity index is 1.92. The molecule has 2 rings (SSSR count). The van der Waals surface area contributed by atoms with Crippen molar-refractivity contribution in [3.05, 3.63) is 35.4 Å². The Morgan fingerprint density at radius 2 is 1.64 bits per heavy atom. The molecule has 0 saturated carbocycles. The fourth-order valence-electron chi connectivity index (χ4n) is 3.36. The van der Waals surface area contributed by atoms with Crippen LogP contribution in [0, 0.1) is 12.8 Å². The Hall–Kier alpha value is -2.37. The fourth-order valence-corrected chi connectivity index (χ4v) is 3.36. The molecule has 0 aromatic heterocycles. The predicted octanol–water partition coefficient (Wildman–Crippen LogP) is 3.09. The number of benzene rings is 1. The van der Waals surface area contributed by atoms with Gasteiger partial charge in [0.2, 0.25) is 0 Å². The molecule has 1 aromatic carbocycles. The second-order valence-corrected chi connectivity index (χ2v) is 7.77. The molecule has 1 aliphatic rings. The maximum atomic E-state index is 12.5. The fraction of sp³-hybridized carbons (Fsp3) is 0.591. The summed E-state index contributed by atoms with van der Waals surface area (Å²) in [5.41, 5.74) is 1.36. The molecule has 6 heteroatoms. The topological polar surface area (TPSA) is 75.7 Å². The summed E-state index contributed by atoms with van der Waals surface area (Å²) in [6.07, 6.45) is 5.45. The van der Waals surface area contributed by atoms with Gasteiger partial charge in [-0.15, -0.1) is 0 Å². The van der Waals surface area contributed by atoms with Crippen molar-refractivity contribution < 1.29 is 19.1 Å². The summed E-state index contributed by atoms with van der Waals surface area (Å²) in [6, 6.07) is 6.41. The van der Waals surface area contributed by atoms with Crippen LogP contribution in [0.15, 0.2) is 24.3 Å². The number of likely N-dealkylation sites (tertiary alicyclic amines) is 1. The summed E-state index contributed by atoms with van der Waals surface area (Å²) in [4.78, 5) is 39.3. The first-order valence-electron chi connectivity index (χ1n) is 10.2. The average molecular weight is 389 g/mol. The number of nitrogens with zero attached hydrogens (tertiary/aromatic N) is 1. The van der Waals surface area contributed by atoms with Crippen LogP contribution in [0.1, 0.15) is 61.9 Å². The number of carbonyl (C=O) groups excluding carboxylic acids is 3. The van der Waals surface area contributed by atoms with Gasteiger partial charge in [0.15, 0.2) is 6.61 Å². The SMILES string of the molecule is Cc1ccccc1C(=O)N[C@H](C(=O)OCC(=O)N1CCCCCCC1)C(C)C. The summed E-state index contributed by atoms with van der Waals surface area (Å²) in [5, 5.41) is 2.76. The molecule has 1 heterocycles. The van der Waals surface area contributed by atoms with E-state index in [0.717, 1.165) is 31.2 Å². The molecule has 1 fully saturated rings. The molecule has 6 nitrogen and oxygen atoms in total. The summed E-state index contributed by atoms with van der Waals surface area (Å²) >= 11 is 0. The number of hydrogen-bond acceptors (Lipinski definition) is 4. The van der Waals surface area contributed by atoms with Crippen molar-refractivity contribution in [3.63, 3.8) is 0 Å². The minimum atomic E-state index is -0.799. The van der Waals surface area contributed by atoms with Crippen LogP contribution in [-0.2, 0) is 14.3 Å². The van der Waals surface area contributed by atoms with Crippen LogP contribution in [0.2, 0.25) is 0 Å². The van der Waals surface area contributed by atoms with Crippen LogP contribution in [0.25, 0.3) is 0 Å². The largest absolute Gasteiger partial charge is 0.454 e. The van der Waals surface area contributed by atoms with Crippen molar-refractivity contribution in [3.8, 4) is 0 Å². The highest BCUT2D eigenvalue weighted by molar-refractivity contribution is 5.98. The normalized spacial score (nSPS) is 16.1. The van der Waals surface area contributed by atoms with Crippen molar-refractivity contribution >= 4 is 17.8 Å². The van der Waals surface area contributed by atoms with Crippen molar-refractivity contribution in [2.24, 2.45) is 5.92 Å². The maximum absolute atomic E-state index is 12.5. The lowest BCUT2D eigenvalue weighted by atomic mass is 10.0. The Morgan fingerprint density at radius 3 is 2.25 bits per heavy atom. The van der Waals surface area contributed by atoms with Gasteiger partial charge < -0.3 is 15.0 Å². The smallest absolute Gasteiger partial charge is 0.329 e. The molecular weight excluding hydrogens is 356 g/mol. The standard InChI is InChI=1S/C22H32N2O4/c1-16(2)20(23-21(26)18-12-8-7-11-17(18)3)22(27)28-15-19(25)24-13-9-5-4-6-10-14-24/h7-8,11-12,16,20H,4-6,9-10,13-15H2,1-3H3,(H,23,26)/t20-/m0/s1. The highest BCUT2D eigenvalue weighted by atomic mass is 16.5. The zero-order valence-electron chi connectivity index (χ0n) is 17.2. The van der Waals surface area contributed by atoms with Crippen molar-refractivity contribution in [2.75, 3.05) is 19.7 Å². The minimum Gasteiger partial charge on any atom is -0.454 e. The quantitative estimate of drug-likeness (QED) is 0.760. The lowest BCUT2D eigenvalue weighted by molar-refractivity contribution is -0.154. The van der Waals surface area contributed by atoms with E-state index in [9.17, 15) is 14.4 Å². The Bertz CT molecular complexity index is 679. The second kappa shape index (κ2) is 10.8. The summed E-state index contributed by atoms with van der Waals surface area (Å²) < 4.78 is 5.27. The summed E-state index contributed by atoms with van der Waals surface area (Å²) in [6.45, 7) is 6.68. The van der Waals surface area contributed by atoms with E-state index in [1.807, 2.05) is 32.9 Å². The van der Waals surface area contributed by atoms with E-state index in [1.165, 1.54) is 6.42 Å². The Kier molecular flexibility index (Phi) is 8.48. The molecule has 1 N–H and O–H groups in total. The van der Waals surface area contributed by atoms with Crippen LogP contribution in [0.4, 0.5) is 0 Å². The van der Waals surface area contributed by atoms with Gasteiger partial charge in [0, 0.05) is 18.7 Å². The van der Waals surface area contributed by atoms with Gasteiger partial charge in [-0.3, -0.25) is 9.59 Å². The number of amides is 2. The summed E-state index contributed by atoms with van der Waals surface area (Å²) in [5.74, 6) is -1.21. The first-order valence-corrected chi connectivity index (χ1v) is 10.2. The van der Waals surface area contributed by atoms with Crippen molar-refractivity contribution in [1.82, 2.24) is 10.2 Å².